The predicted molar refractivity (Wildman–Crippen MR) is 108 cm³/mol. The first-order valence-electron chi connectivity index (χ1n) is 8.65. The number of aromatic nitrogens is 2. The van der Waals surface area contributed by atoms with Crippen LogP contribution in [-0.4, -0.2) is 36.6 Å². The van der Waals surface area contributed by atoms with Crippen molar-refractivity contribution < 1.29 is 9.90 Å². The monoisotopic (exact) mass is 395 g/mol. The van der Waals surface area contributed by atoms with E-state index in [1.807, 2.05) is 19.1 Å². The molecular weight excluding hydrogens is 378 g/mol. The minimum Gasteiger partial charge on any atom is -0.506 e. The number of fused-ring (bicyclic) bond motifs is 1. The number of para-hydroxylation sites is 1. The third kappa shape index (κ3) is 3.09. The summed E-state index contributed by atoms with van der Waals surface area (Å²) in [6, 6.07) is 10.6. The van der Waals surface area contributed by atoms with Gasteiger partial charge >= 0.3 is 0 Å². The number of rotatable bonds is 4. The number of carbonyl (C=O) groups excluding carboxylic acids is 1. The van der Waals surface area contributed by atoms with Gasteiger partial charge in [0.15, 0.2) is 0 Å². The van der Waals surface area contributed by atoms with E-state index < -0.39 is 11.5 Å². The van der Waals surface area contributed by atoms with E-state index >= 15 is 0 Å². The molecule has 0 bridgehead atoms. The molecule has 28 heavy (non-hydrogen) atoms. The zero-order chi connectivity index (χ0) is 19.7. The number of aromatic hydroxyl groups is 1. The standard InChI is InChI=1S/C19H17N5O3S/c1-2-23-14-6-4-3-5-13(14)16(25)15(19(23)27)17(26)21-24-11-28-18(22-24)12-7-9-20-10-8-12/h3-10,25H,2,11H2,1H3,(H,21,26). The lowest BCUT2D eigenvalue weighted by Gasteiger charge is -2.16. The molecule has 0 spiro atoms. The predicted octanol–water partition coefficient (Wildman–Crippen LogP) is 2.13. The Bertz CT molecular complexity index is 1140. The first-order chi connectivity index (χ1) is 13.6. The van der Waals surface area contributed by atoms with E-state index in [9.17, 15) is 14.7 Å². The Morgan fingerprint density at radius 1 is 1.25 bits per heavy atom. The summed E-state index contributed by atoms with van der Waals surface area (Å²) in [4.78, 5) is 29.6. The topological polar surface area (TPSA) is 99.8 Å². The molecule has 0 aliphatic carbocycles. The fourth-order valence-corrected chi connectivity index (χ4v) is 3.89. The summed E-state index contributed by atoms with van der Waals surface area (Å²) in [6.45, 7) is 2.19. The molecule has 142 valence electrons. The molecule has 0 fully saturated rings. The molecule has 8 nitrogen and oxygen atoms in total. The van der Waals surface area contributed by atoms with Crippen molar-refractivity contribution in [3.05, 3.63) is 70.3 Å². The average molecular weight is 395 g/mol. The quantitative estimate of drug-likeness (QED) is 0.702. The normalized spacial score (nSPS) is 13.6. The summed E-state index contributed by atoms with van der Waals surface area (Å²) in [5.41, 5.74) is 3.23. The number of hydrogen-bond donors (Lipinski definition) is 2. The number of pyridine rings is 2. The number of hydrazine groups is 1. The molecule has 2 aromatic heterocycles. The summed E-state index contributed by atoms with van der Waals surface area (Å²) >= 11 is 1.45. The molecule has 9 heteroatoms. The minimum absolute atomic E-state index is 0.293. The number of nitrogens with one attached hydrogen (secondary N) is 1. The fourth-order valence-electron chi connectivity index (χ4n) is 3.06. The Balaban J connectivity index is 1.67. The van der Waals surface area contributed by atoms with Gasteiger partial charge in [-0.3, -0.25) is 14.6 Å². The third-order valence-electron chi connectivity index (χ3n) is 4.38. The molecule has 0 unspecified atom stereocenters. The van der Waals surface area contributed by atoms with Crippen molar-refractivity contribution in [2.75, 3.05) is 5.88 Å². The molecule has 0 radical (unpaired) electrons. The van der Waals surface area contributed by atoms with Gasteiger partial charge in [-0.25, -0.2) is 5.43 Å². The van der Waals surface area contributed by atoms with Crippen LogP contribution in [0.15, 0.2) is 58.7 Å². The fraction of sp³-hybridized carbons (Fsp3) is 0.158. The number of benzene rings is 1. The van der Waals surface area contributed by atoms with E-state index in [1.165, 1.54) is 21.4 Å². The highest BCUT2D eigenvalue weighted by molar-refractivity contribution is 8.14. The first kappa shape index (κ1) is 18.1. The van der Waals surface area contributed by atoms with Gasteiger partial charge in [0.05, 0.1) is 5.52 Å². The van der Waals surface area contributed by atoms with E-state index in [4.69, 9.17) is 0 Å². The summed E-state index contributed by atoms with van der Waals surface area (Å²) in [5.74, 6) is -0.636. The van der Waals surface area contributed by atoms with Crippen LogP contribution in [0, 0.1) is 0 Å². The van der Waals surface area contributed by atoms with E-state index in [0.29, 0.717) is 23.3 Å². The molecule has 1 aliphatic rings. The maximum atomic E-state index is 12.8. The number of hydrogen-bond acceptors (Lipinski definition) is 7. The van der Waals surface area contributed by atoms with Crippen molar-refractivity contribution in [1.29, 1.82) is 0 Å². The first-order valence-corrected chi connectivity index (χ1v) is 9.63. The average Bonchev–Trinajstić information content (AvgIpc) is 3.17. The number of hydrazone groups is 1. The smallest absolute Gasteiger partial charge is 0.280 e. The van der Waals surface area contributed by atoms with Gasteiger partial charge < -0.3 is 9.67 Å². The van der Waals surface area contributed by atoms with Crippen molar-refractivity contribution in [2.45, 2.75) is 13.5 Å². The van der Waals surface area contributed by atoms with E-state index in [2.05, 4.69) is 15.5 Å². The Morgan fingerprint density at radius 3 is 2.75 bits per heavy atom. The molecule has 2 N–H and O–H groups in total. The van der Waals surface area contributed by atoms with E-state index in [-0.39, 0.29) is 11.3 Å². The molecule has 1 amide bonds. The summed E-state index contributed by atoms with van der Waals surface area (Å²) in [5, 5.41) is 17.5. The number of carbonyl (C=O) groups is 1. The van der Waals surface area contributed by atoms with Gasteiger partial charge in [-0.1, -0.05) is 23.9 Å². The van der Waals surface area contributed by atoms with Gasteiger partial charge in [-0.2, -0.15) is 5.12 Å². The second-order valence-corrected chi connectivity index (χ2v) is 6.98. The van der Waals surface area contributed by atoms with Crippen LogP contribution in [0.2, 0.25) is 0 Å². The minimum atomic E-state index is -0.698. The lowest BCUT2D eigenvalue weighted by molar-refractivity contribution is 0.0824. The molecule has 3 aromatic rings. The zero-order valence-corrected chi connectivity index (χ0v) is 15.8. The molecule has 4 rings (SSSR count). The molecule has 0 atom stereocenters. The molecular formula is C19H17N5O3S. The lowest BCUT2D eigenvalue weighted by Crippen LogP contribution is -2.40. The van der Waals surface area contributed by atoms with Gasteiger partial charge in [0.1, 0.15) is 22.2 Å². The number of amides is 1. The second-order valence-electron chi connectivity index (χ2n) is 6.05. The molecule has 3 heterocycles. The van der Waals surface area contributed by atoms with Crippen LogP contribution < -0.4 is 11.0 Å². The van der Waals surface area contributed by atoms with Crippen LogP contribution in [-0.2, 0) is 6.54 Å². The van der Waals surface area contributed by atoms with Crippen molar-refractivity contribution in [3.63, 3.8) is 0 Å². The van der Waals surface area contributed by atoms with E-state index in [0.717, 1.165) is 10.6 Å². The molecule has 1 aliphatic heterocycles. The highest BCUT2D eigenvalue weighted by Gasteiger charge is 2.25. The largest absolute Gasteiger partial charge is 0.506 e. The highest BCUT2D eigenvalue weighted by Crippen LogP contribution is 2.27. The third-order valence-corrected chi connectivity index (χ3v) is 5.35. The Labute approximate surface area is 164 Å². The SMILES string of the molecule is CCn1c(=O)c(C(=O)NN2CSC(c3ccncc3)=N2)c(O)c2ccccc21. The van der Waals surface area contributed by atoms with Crippen LogP contribution in [0.1, 0.15) is 22.8 Å². The lowest BCUT2D eigenvalue weighted by atomic mass is 10.1. The van der Waals surface area contributed by atoms with Crippen molar-refractivity contribution in [2.24, 2.45) is 5.10 Å². The van der Waals surface area contributed by atoms with Crippen LogP contribution in [0.4, 0.5) is 0 Å². The maximum absolute atomic E-state index is 12.8. The molecule has 1 aromatic carbocycles. The van der Waals surface area contributed by atoms with Gasteiger partial charge in [0, 0.05) is 29.9 Å². The van der Waals surface area contributed by atoms with Gasteiger partial charge in [0.2, 0.25) is 0 Å². The maximum Gasteiger partial charge on any atom is 0.280 e. The van der Waals surface area contributed by atoms with Crippen LogP contribution in [0.25, 0.3) is 10.9 Å². The highest BCUT2D eigenvalue weighted by atomic mass is 32.2. The van der Waals surface area contributed by atoms with E-state index in [1.54, 1.807) is 36.7 Å². The van der Waals surface area contributed by atoms with Crippen molar-refractivity contribution >= 4 is 33.6 Å². The van der Waals surface area contributed by atoms with Gasteiger partial charge in [-0.15, -0.1) is 5.10 Å². The number of aryl methyl sites for hydroxylation is 1. The van der Waals surface area contributed by atoms with Crippen molar-refractivity contribution in [1.82, 2.24) is 20.1 Å². The van der Waals surface area contributed by atoms with Crippen LogP contribution in [0.5, 0.6) is 5.75 Å². The van der Waals surface area contributed by atoms with Gasteiger partial charge in [-0.05, 0) is 31.2 Å². The number of thioether (sulfide) groups is 1. The van der Waals surface area contributed by atoms with Gasteiger partial charge in [0.25, 0.3) is 11.5 Å². The summed E-state index contributed by atoms with van der Waals surface area (Å²) in [7, 11) is 0. The molecule has 0 saturated heterocycles. The summed E-state index contributed by atoms with van der Waals surface area (Å²) in [6.07, 6.45) is 3.33. The second kappa shape index (κ2) is 7.35. The van der Waals surface area contributed by atoms with Crippen molar-refractivity contribution in [3.8, 4) is 5.75 Å². The van der Waals surface area contributed by atoms with Crippen LogP contribution >= 0.6 is 11.8 Å². The summed E-state index contributed by atoms with van der Waals surface area (Å²) < 4.78 is 1.47. The Hall–Kier alpha value is -3.33. The molecule has 0 saturated carbocycles. The van der Waals surface area contributed by atoms with Crippen LogP contribution in [0.3, 0.4) is 0 Å². The Morgan fingerprint density at radius 2 is 2.00 bits per heavy atom. The Kier molecular flexibility index (Phi) is 4.74. The number of nitrogens with zero attached hydrogens (tertiary/aromatic N) is 4. The zero-order valence-electron chi connectivity index (χ0n) is 15.0.